The maximum atomic E-state index is 13.1. The highest BCUT2D eigenvalue weighted by atomic mass is 28.4. The maximum Gasteiger partial charge on any atom is 0.242 e. The SMILES string of the molecule is C[Si](C)(C)Oc1ccccc1C(=O)c1ccccc1O[Si](C)(C)C. The van der Waals surface area contributed by atoms with Crippen LogP contribution in [0, 0.1) is 0 Å². The molecule has 5 heteroatoms. The van der Waals surface area contributed by atoms with E-state index in [1.54, 1.807) is 0 Å². The van der Waals surface area contributed by atoms with E-state index in [2.05, 4.69) is 39.3 Å². The van der Waals surface area contributed by atoms with Crippen molar-refractivity contribution in [1.82, 2.24) is 0 Å². The van der Waals surface area contributed by atoms with E-state index in [0.29, 0.717) is 22.6 Å². The number of hydrogen-bond donors (Lipinski definition) is 0. The Labute approximate surface area is 146 Å². The Morgan fingerprint density at radius 2 is 1.00 bits per heavy atom. The van der Waals surface area contributed by atoms with Gasteiger partial charge in [-0.1, -0.05) is 24.3 Å². The summed E-state index contributed by atoms with van der Waals surface area (Å²) in [6.07, 6.45) is 0. The van der Waals surface area contributed by atoms with Crippen molar-refractivity contribution in [1.29, 1.82) is 0 Å². The lowest BCUT2D eigenvalue weighted by molar-refractivity contribution is 0.103. The fourth-order valence-electron chi connectivity index (χ4n) is 2.29. The van der Waals surface area contributed by atoms with E-state index in [4.69, 9.17) is 8.85 Å². The molecule has 2 aromatic rings. The Hall–Kier alpha value is -1.86. The Morgan fingerprint density at radius 3 is 1.33 bits per heavy atom. The van der Waals surface area contributed by atoms with Crippen LogP contribution in [0.4, 0.5) is 0 Å². The van der Waals surface area contributed by atoms with Crippen LogP contribution >= 0.6 is 0 Å². The summed E-state index contributed by atoms with van der Waals surface area (Å²) in [6.45, 7) is 12.6. The van der Waals surface area contributed by atoms with Crippen LogP contribution in [0.5, 0.6) is 11.5 Å². The average Bonchev–Trinajstić information content (AvgIpc) is 2.44. The minimum Gasteiger partial charge on any atom is -0.544 e. The van der Waals surface area contributed by atoms with Gasteiger partial charge in [0.15, 0.2) is 5.78 Å². The van der Waals surface area contributed by atoms with E-state index in [1.807, 2.05) is 48.5 Å². The molecule has 0 saturated carbocycles. The number of carbonyl (C=O) groups excluding carboxylic acids is 1. The van der Waals surface area contributed by atoms with Crippen LogP contribution in [0.1, 0.15) is 15.9 Å². The summed E-state index contributed by atoms with van der Waals surface area (Å²) in [6, 6.07) is 14.9. The Morgan fingerprint density at radius 1 is 0.667 bits per heavy atom. The Kier molecular flexibility index (Phi) is 5.35. The number of para-hydroxylation sites is 2. The van der Waals surface area contributed by atoms with Crippen molar-refractivity contribution in [3.63, 3.8) is 0 Å². The molecule has 0 unspecified atom stereocenters. The predicted octanol–water partition coefficient (Wildman–Crippen LogP) is 5.35. The molecule has 0 atom stereocenters. The maximum absolute atomic E-state index is 13.1. The monoisotopic (exact) mass is 358 g/mol. The number of benzene rings is 2. The second kappa shape index (κ2) is 6.95. The number of ketones is 1. The second-order valence-electron chi connectivity index (χ2n) is 7.75. The van der Waals surface area contributed by atoms with Crippen LogP contribution < -0.4 is 8.85 Å². The minimum atomic E-state index is -1.80. The van der Waals surface area contributed by atoms with Gasteiger partial charge < -0.3 is 8.85 Å². The molecular weight excluding hydrogens is 332 g/mol. The first-order valence-electron chi connectivity index (χ1n) is 8.18. The molecule has 0 saturated heterocycles. The standard InChI is InChI=1S/C19H26O3Si2/c1-23(2,3)21-17-13-9-7-11-15(17)19(20)16-12-8-10-14-18(16)22-24(4,5)6/h7-14H,1-6H3. The van der Waals surface area contributed by atoms with E-state index in [0.717, 1.165) is 0 Å². The zero-order chi connectivity index (χ0) is 18.0. The van der Waals surface area contributed by atoms with Gasteiger partial charge in [-0.3, -0.25) is 4.79 Å². The van der Waals surface area contributed by atoms with Crippen molar-refractivity contribution >= 4 is 22.4 Å². The number of hydrogen-bond acceptors (Lipinski definition) is 3. The molecule has 0 aliphatic heterocycles. The molecular formula is C19H26O3Si2. The van der Waals surface area contributed by atoms with Gasteiger partial charge in [0.05, 0.1) is 11.1 Å². The van der Waals surface area contributed by atoms with E-state index >= 15 is 0 Å². The molecule has 0 radical (unpaired) electrons. The van der Waals surface area contributed by atoms with E-state index < -0.39 is 16.6 Å². The molecule has 0 aliphatic rings. The molecule has 2 aromatic carbocycles. The normalized spacial score (nSPS) is 11.9. The van der Waals surface area contributed by atoms with Gasteiger partial charge in [-0.15, -0.1) is 0 Å². The first-order chi connectivity index (χ1) is 11.1. The molecule has 24 heavy (non-hydrogen) atoms. The van der Waals surface area contributed by atoms with Crippen LogP contribution in [-0.4, -0.2) is 22.4 Å². The third-order valence-electron chi connectivity index (χ3n) is 3.10. The van der Waals surface area contributed by atoms with E-state index in [-0.39, 0.29) is 5.78 Å². The van der Waals surface area contributed by atoms with Crippen molar-refractivity contribution in [2.45, 2.75) is 39.3 Å². The molecule has 0 spiro atoms. The average molecular weight is 359 g/mol. The number of rotatable bonds is 6. The molecule has 0 aromatic heterocycles. The van der Waals surface area contributed by atoms with Crippen molar-refractivity contribution < 1.29 is 13.6 Å². The highest BCUT2D eigenvalue weighted by Crippen LogP contribution is 2.29. The lowest BCUT2D eigenvalue weighted by Crippen LogP contribution is -2.31. The fourth-order valence-corrected chi connectivity index (χ4v) is 3.97. The van der Waals surface area contributed by atoms with Gasteiger partial charge >= 0.3 is 0 Å². The Bertz CT molecular complexity index is 666. The summed E-state index contributed by atoms with van der Waals surface area (Å²) in [5.74, 6) is 1.26. The van der Waals surface area contributed by atoms with Gasteiger partial charge in [-0.05, 0) is 63.5 Å². The molecule has 0 aliphatic carbocycles. The summed E-state index contributed by atoms with van der Waals surface area (Å²) in [5, 5.41) is 0. The van der Waals surface area contributed by atoms with Crippen LogP contribution in [0.2, 0.25) is 39.3 Å². The van der Waals surface area contributed by atoms with Gasteiger partial charge in [-0.25, -0.2) is 0 Å². The molecule has 0 fully saturated rings. The molecule has 0 heterocycles. The smallest absolute Gasteiger partial charge is 0.242 e. The zero-order valence-electron chi connectivity index (χ0n) is 15.3. The molecule has 128 valence electrons. The largest absolute Gasteiger partial charge is 0.544 e. The quantitative estimate of drug-likeness (QED) is 0.516. The molecule has 0 bridgehead atoms. The minimum absolute atomic E-state index is 0.0577. The van der Waals surface area contributed by atoms with Crippen molar-refractivity contribution in [3.05, 3.63) is 59.7 Å². The summed E-state index contributed by atoms with van der Waals surface area (Å²) < 4.78 is 12.2. The van der Waals surface area contributed by atoms with Gasteiger partial charge in [0, 0.05) is 0 Å². The number of carbonyl (C=O) groups is 1. The fraction of sp³-hybridized carbons (Fsp3) is 0.316. The molecule has 2 rings (SSSR count). The first-order valence-corrected chi connectivity index (χ1v) is 15.0. The highest BCUT2D eigenvalue weighted by Gasteiger charge is 2.24. The van der Waals surface area contributed by atoms with Gasteiger partial charge in [0.2, 0.25) is 16.6 Å². The van der Waals surface area contributed by atoms with Crippen molar-refractivity contribution in [2.24, 2.45) is 0 Å². The molecule has 0 N–H and O–H groups in total. The predicted molar refractivity (Wildman–Crippen MR) is 104 cm³/mol. The van der Waals surface area contributed by atoms with Crippen LogP contribution in [-0.2, 0) is 0 Å². The zero-order valence-corrected chi connectivity index (χ0v) is 17.3. The summed E-state index contributed by atoms with van der Waals surface area (Å²) in [7, 11) is -3.61. The lowest BCUT2D eigenvalue weighted by Gasteiger charge is -2.23. The van der Waals surface area contributed by atoms with Crippen molar-refractivity contribution in [3.8, 4) is 11.5 Å². The molecule has 3 nitrogen and oxygen atoms in total. The lowest BCUT2D eigenvalue weighted by atomic mass is 10.0. The third kappa shape index (κ3) is 5.07. The summed E-state index contributed by atoms with van der Waals surface area (Å²) in [5.41, 5.74) is 1.18. The summed E-state index contributed by atoms with van der Waals surface area (Å²) in [4.78, 5) is 13.1. The summed E-state index contributed by atoms with van der Waals surface area (Å²) >= 11 is 0. The van der Waals surface area contributed by atoms with Gasteiger partial charge in [0.25, 0.3) is 0 Å². The van der Waals surface area contributed by atoms with Crippen LogP contribution in [0.15, 0.2) is 48.5 Å². The van der Waals surface area contributed by atoms with E-state index in [9.17, 15) is 4.79 Å². The van der Waals surface area contributed by atoms with Gasteiger partial charge in [0.1, 0.15) is 11.5 Å². The van der Waals surface area contributed by atoms with E-state index in [1.165, 1.54) is 0 Å². The Balaban J connectivity index is 2.44. The molecule has 0 amide bonds. The van der Waals surface area contributed by atoms with Crippen LogP contribution in [0.25, 0.3) is 0 Å². The second-order valence-corrected chi connectivity index (χ2v) is 16.6. The first kappa shape index (κ1) is 18.5. The van der Waals surface area contributed by atoms with Crippen molar-refractivity contribution in [2.75, 3.05) is 0 Å². The van der Waals surface area contributed by atoms with Gasteiger partial charge in [-0.2, -0.15) is 0 Å². The third-order valence-corrected chi connectivity index (χ3v) is 4.76. The highest BCUT2D eigenvalue weighted by molar-refractivity contribution is 6.70. The topological polar surface area (TPSA) is 35.5 Å². The van der Waals surface area contributed by atoms with Crippen LogP contribution in [0.3, 0.4) is 0 Å².